The van der Waals surface area contributed by atoms with E-state index in [2.05, 4.69) is 56.6 Å². The van der Waals surface area contributed by atoms with Crippen molar-refractivity contribution in [1.29, 1.82) is 0 Å². The first kappa shape index (κ1) is 9.58. The molecule has 5 heteroatoms. The van der Waals surface area contributed by atoms with Crippen LogP contribution >= 0.6 is 0 Å². The Balaban J connectivity index is 2.00. The van der Waals surface area contributed by atoms with Crippen LogP contribution in [0.25, 0.3) is 16.9 Å². The zero-order chi connectivity index (χ0) is 11.9. The van der Waals surface area contributed by atoms with Crippen molar-refractivity contribution in [2.75, 3.05) is 0 Å². The zero-order valence-electron chi connectivity index (χ0n) is 9.69. The van der Waals surface area contributed by atoms with E-state index in [0.29, 0.717) is 0 Å². The second-order valence-electron chi connectivity index (χ2n) is 4.40. The van der Waals surface area contributed by atoms with E-state index in [1.807, 2.05) is 0 Å². The van der Waals surface area contributed by atoms with E-state index in [9.17, 15) is 0 Å². The quantitative estimate of drug-likeness (QED) is 0.647. The maximum atomic E-state index is 3.98. The van der Waals surface area contributed by atoms with E-state index in [1.54, 1.807) is 11.0 Å². The Morgan fingerprint density at radius 2 is 2.06 bits per heavy atom. The molecule has 0 amide bonds. The van der Waals surface area contributed by atoms with Crippen LogP contribution in [0.15, 0.2) is 42.9 Å². The summed E-state index contributed by atoms with van der Waals surface area (Å²) in [6, 6.07) is 10.6. The smallest absolute Gasteiger partial charge is 0.143 e. The highest BCUT2D eigenvalue weighted by atomic mass is 15.5. The minimum absolute atomic E-state index is 1.01. The summed E-state index contributed by atoms with van der Waals surface area (Å²) in [5.74, 6) is 0. The lowest BCUT2D eigenvalue weighted by atomic mass is 9.98. The molecule has 0 fully saturated rings. The highest BCUT2D eigenvalue weighted by Crippen LogP contribution is 2.34. The Morgan fingerprint density at radius 1 is 1.11 bits per heavy atom. The molecule has 0 atom stereocenters. The molecule has 3 aromatic rings. The third-order valence-corrected chi connectivity index (χ3v) is 3.43. The average Bonchev–Trinajstić information content (AvgIpc) is 3.07. The van der Waals surface area contributed by atoms with Gasteiger partial charge in [0, 0.05) is 18.3 Å². The number of nitrogens with zero attached hydrogens (tertiary/aromatic N) is 5. The predicted octanol–water partition coefficient (Wildman–Crippen LogP) is 1.69. The highest BCUT2D eigenvalue weighted by molar-refractivity contribution is 5.74. The molecule has 5 nitrogen and oxygen atoms in total. The van der Waals surface area contributed by atoms with Gasteiger partial charge in [0.25, 0.3) is 0 Å². The molecule has 0 spiro atoms. The van der Waals surface area contributed by atoms with Crippen molar-refractivity contribution in [2.45, 2.75) is 13.0 Å². The van der Waals surface area contributed by atoms with E-state index >= 15 is 0 Å². The summed E-state index contributed by atoms with van der Waals surface area (Å²) in [6.45, 7) is 1.01. The number of rotatable bonds is 1. The summed E-state index contributed by atoms with van der Waals surface area (Å²) in [5.41, 5.74) is 4.90. The molecule has 0 saturated carbocycles. The Labute approximate surface area is 104 Å². The zero-order valence-corrected chi connectivity index (χ0v) is 9.69. The molecule has 3 heterocycles. The van der Waals surface area contributed by atoms with Gasteiger partial charge >= 0.3 is 0 Å². The van der Waals surface area contributed by atoms with Crippen molar-refractivity contribution in [3.8, 4) is 16.9 Å². The third kappa shape index (κ3) is 1.24. The number of aryl methyl sites for hydroxylation is 2. The molecular weight excluding hydrogens is 226 g/mol. The minimum Gasteiger partial charge on any atom is -0.345 e. The molecule has 0 saturated heterocycles. The summed E-state index contributed by atoms with van der Waals surface area (Å²) in [5, 5.41) is 11.4. The van der Waals surface area contributed by atoms with Crippen LogP contribution < -0.4 is 0 Å². The monoisotopic (exact) mass is 237 g/mol. The Hall–Kier alpha value is -2.43. The van der Waals surface area contributed by atoms with Crippen molar-refractivity contribution >= 4 is 0 Å². The van der Waals surface area contributed by atoms with Gasteiger partial charge in [0.15, 0.2) is 0 Å². The Morgan fingerprint density at radius 3 is 2.94 bits per heavy atom. The molecule has 2 aromatic heterocycles. The Kier molecular flexibility index (Phi) is 1.88. The van der Waals surface area contributed by atoms with Crippen LogP contribution in [-0.4, -0.2) is 24.8 Å². The maximum absolute atomic E-state index is 3.98. The van der Waals surface area contributed by atoms with Gasteiger partial charge < -0.3 is 4.57 Å². The highest BCUT2D eigenvalue weighted by Gasteiger charge is 2.20. The van der Waals surface area contributed by atoms with Crippen molar-refractivity contribution in [1.82, 2.24) is 24.8 Å². The first-order chi connectivity index (χ1) is 8.93. The summed E-state index contributed by atoms with van der Waals surface area (Å²) in [7, 11) is 0. The van der Waals surface area contributed by atoms with Gasteiger partial charge in [0.1, 0.15) is 6.33 Å². The summed E-state index contributed by atoms with van der Waals surface area (Å²) >= 11 is 0. The van der Waals surface area contributed by atoms with Crippen LogP contribution in [-0.2, 0) is 13.0 Å². The SMILES string of the molecule is c1ccc2c(c1)CCn1ccc(-n3cnnn3)c1-2. The summed E-state index contributed by atoms with van der Waals surface area (Å²) in [6.07, 6.45) is 4.81. The van der Waals surface area contributed by atoms with E-state index in [1.165, 1.54) is 16.8 Å². The molecule has 1 aromatic carbocycles. The third-order valence-electron chi connectivity index (χ3n) is 3.43. The fraction of sp³-hybridized carbons (Fsp3) is 0.154. The number of hydrogen-bond acceptors (Lipinski definition) is 3. The van der Waals surface area contributed by atoms with E-state index < -0.39 is 0 Å². The molecule has 0 unspecified atom stereocenters. The van der Waals surface area contributed by atoms with Crippen molar-refractivity contribution in [3.63, 3.8) is 0 Å². The lowest BCUT2D eigenvalue weighted by Gasteiger charge is -2.20. The number of benzene rings is 1. The second kappa shape index (κ2) is 3.53. The maximum Gasteiger partial charge on any atom is 0.143 e. The number of hydrogen-bond donors (Lipinski definition) is 0. The van der Waals surface area contributed by atoms with Crippen LogP contribution in [0.5, 0.6) is 0 Å². The summed E-state index contributed by atoms with van der Waals surface area (Å²) < 4.78 is 3.98. The largest absolute Gasteiger partial charge is 0.345 e. The molecule has 0 N–H and O–H groups in total. The van der Waals surface area contributed by atoms with E-state index in [4.69, 9.17) is 0 Å². The van der Waals surface area contributed by atoms with Crippen LogP contribution in [0.4, 0.5) is 0 Å². The summed E-state index contributed by atoms with van der Waals surface area (Å²) in [4.78, 5) is 0. The van der Waals surface area contributed by atoms with Crippen molar-refractivity contribution < 1.29 is 0 Å². The molecular formula is C13H11N5. The number of fused-ring (bicyclic) bond motifs is 3. The number of tetrazole rings is 1. The predicted molar refractivity (Wildman–Crippen MR) is 66.3 cm³/mol. The Bertz CT molecular complexity index is 696. The fourth-order valence-corrected chi connectivity index (χ4v) is 2.61. The first-order valence-electron chi connectivity index (χ1n) is 5.94. The first-order valence-corrected chi connectivity index (χ1v) is 5.94. The van der Waals surface area contributed by atoms with Crippen molar-refractivity contribution in [3.05, 3.63) is 48.4 Å². The molecule has 0 aliphatic carbocycles. The lowest BCUT2D eigenvalue weighted by molar-refractivity contribution is 0.685. The standard InChI is InChI=1S/C13H11N5/c1-2-4-11-10(3-1)5-7-17-8-6-12(13(11)17)18-9-14-15-16-18/h1-4,6,8-9H,5,7H2. The van der Waals surface area contributed by atoms with Gasteiger partial charge in [-0.1, -0.05) is 24.3 Å². The van der Waals surface area contributed by atoms with Crippen molar-refractivity contribution in [2.24, 2.45) is 0 Å². The van der Waals surface area contributed by atoms with Gasteiger partial charge in [0.05, 0.1) is 11.4 Å². The number of aromatic nitrogens is 5. The van der Waals surface area contributed by atoms with Gasteiger partial charge in [-0.25, -0.2) is 0 Å². The normalized spacial score (nSPS) is 13.1. The second-order valence-corrected chi connectivity index (χ2v) is 4.40. The van der Waals surface area contributed by atoms with Gasteiger partial charge in [-0.15, -0.1) is 5.10 Å². The van der Waals surface area contributed by atoms with Crippen LogP contribution in [0.1, 0.15) is 5.56 Å². The lowest BCUT2D eigenvalue weighted by Crippen LogP contribution is -2.11. The molecule has 1 aliphatic rings. The fourth-order valence-electron chi connectivity index (χ4n) is 2.61. The average molecular weight is 237 g/mol. The van der Waals surface area contributed by atoms with Gasteiger partial charge in [-0.05, 0) is 28.5 Å². The molecule has 18 heavy (non-hydrogen) atoms. The molecule has 4 rings (SSSR count). The van der Waals surface area contributed by atoms with Gasteiger partial charge in [-0.2, -0.15) is 4.68 Å². The molecule has 0 bridgehead atoms. The van der Waals surface area contributed by atoms with Crippen LogP contribution in [0.2, 0.25) is 0 Å². The molecule has 1 aliphatic heterocycles. The van der Waals surface area contributed by atoms with Crippen LogP contribution in [0, 0.1) is 0 Å². The van der Waals surface area contributed by atoms with E-state index in [-0.39, 0.29) is 0 Å². The minimum atomic E-state index is 1.01. The molecule has 0 radical (unpaired) electrons. The topological polar surface area (TPSA) is 48.5 Å². The van der Waals surface area contributed by atoms with Gasteiger partial charge in [-0.3, -0.25) is 0 Å². The molecule has 88 valence electrons. The van der Waals surface area contributed by atoms with Crippen LogP contribution in [0.3, 0.4) is 0 Å². The van der Waals surface area contributed by atoms with E-state index in [0.717, 1.165) is 18.7 Å². The van der Waals surface area contributed by atoms with Gasteiger partial charge in [0.2, 0.25) is 0 Å².